The Morgan fingerprint density at radius 3 is 2.15 bits per heavy atom. The van der Waals surface area contributed by atoms with Crippen molar-refractivity contribution in [1.82, 2.24) is 4.90 Å². The maximum Gasteiger partial charge on any atom is 0.137 e. The van der Waals surface area contributed by atoms with Crippen molar-refractivity contribution in [2.24, 2.45) is 9.98 Å². The number of hydrogen-bond donors (Lipinski definition) is 0. The average molecular weight is 358 g/mol. The summed E-state index contributed by atoms with van der Waals surface area (Å²) in [6, 6.07) is 6.86. The molecule has 0 atom stereocenters. The molecule has 0 saturated carbocycles. The summed E-state index contributed by atoms with van der Waals surface area (Å²) in [5, 5.41) is 0. The van der Waals surface area contributed by atoms with E-state index >= 15 is 0 Å². The third kappa shape index (κ3) is 8.27. The number of amidine groups is 1. The lowest BCUT2D eigenvalue weighted by atomic mass is 9.91. The summed E-state index contributed by atoms with van der Waals surface area (Å²) >= 11 is 0. The third-order valence-electron chi connectivity index (χ3n) is 4.68. The predicted molar refractivity (Wildman–Crippen MR) is 117 cm³/mol. The SMILES string of the molecule is CC.CN=C(CN1CCCC1)N=C(C)C.Cc1ccc2c(c1)CCCC2. The van der Waals surface area contributed by atoms with E-state index in [9.17, 15) is 0 Å². The molecule has 3 nitrogen and oxygen atoms in total. The van der Waals surface area contributed by atoms with Crippen molar-refractivity contribution >= 4 is 11.5 Å². The van der Waals surface area contributed by atoms with Crippen molar-refractivity contribution in [1.29, 1.82) is 0 Å². The molecule has 0 amide bonds. The molecule has 3 heteroatoms. The molecule has 1 saturated heterocycles. The van der Waals surface area contributed by atoms with Crippen molar-refractivity contribution in [2.75, 3.05) is 26.7 Å². The topological polar surface area (TPSA) is 28.0 Å². The first kappa shape index (κ1) is 22.6. The Hall–Kier alpha value is -1.48. The lowest BCUT2D eigenvalue weighted by Gasteiger charge is -2.15. The Balaban J connectivity index is 0.000000239. The van der Waals surface area contributed by atoms with Gasteiger partial charge >= 0.3 is 0 Å². The number of rotatable bonds is 2. The number of fused-ring (bicyclic) bond motifs is 1. The van der Waals surface area contributed by atoms with E-state index in [1.165, 1.54) is 57.2 Å². The molecule has 0 bridgehead atoms. The third-order valence-corrected chi connectivity index (χ3v) is 4.68. The Labute approximate surface area is 161 Å². The van der Waals surface area contributed by atoms with Crippen LogP contribution < -0.4 is 0 Å². The molecule has 26 heavy (non-hydrogen) atoms. The zero-order valence-corrected chi connectivity index (χ0v) is 17.9. The van der Waals surface area contributed by atoms with Gasteiger partial charge < -0.3 is 0 Å². The maximum atomic E-state index is 4.38. The Morgan fingerprint density at radius 2 is 1.58 bits per heavy atom. The highest BCUT2D eigenvalue weighted by atomic mass is 15.2. The zero-order valence-electron chi connectivity index (χ0n) is 17.9. The smallest absolute Gasteiger partial charge is 0.137 e. The molecular formula is C23H39N3. The lowest BCUT2D eigenvalue weighted by Crippen LogP contribution is -2.26. The van der Waals surface area contributed by atoms with Gasteiger partial charge in [-0.2, -0.15) is 0 Å². The maximum absolute atomic E-state index is 4.38. The highest BCUT2D eigenvalue weighted by Crippen LogP contribution is 2.21. The minimum Gasteiger partial charge on any atom is -0.296 e. The summed E-state index contributed by atoms with van der Waals surface area (Å²) in [4.78, 5) is 11.0. The molecule has 1 aliphatic heterocycles. The molecule has 1 aromatic carbocycles. The summed E-state index contributed by atoms with van der Waals surface area (Å²) in [5.41, 5.74) is 5.67. The van der Waals surface area contributed by atoms with Crippen LogP contribution in [0.15, 0.2) is 28.2 Å². The molecule has 2 aliphatic rings. The van der Waals surface area contributed by atoms with Gasteiger partial charge in [-0.05, 0) is 83.5 Å². The predicted octanol–water partition coefficient (Wildman–Crippen LogP) is 5.49. The van der Waals surface area contributed by atoms with Crippen LogP contribution in [0.5, 0.6) is 0 Å². The van der Waals surface area contributed by atoms with E-state index in [0.29, 0.717) is 0 Å². The van der Waals surface area contributed by atoms with Crippen molar-refractivity contribution < 1.29 is 0 Å². The normalized spacial score (nSPS) is 16.6. The van der Waals surface area contributed by atoms with Crippen LogP contribution in [0.25, 0.3) is 0 Å². The van der Waals surface area contributed by atoms with E-state index in [4.69, 9.17) is 0 Å². The molecule has 1 heterocycles. The van der Waals surface area contributed by atoms with Gasteiger partial charge in [-0.1, -0.05) is 37.6 Å². The second-order valence-electron chi connectivity index (χ2n) is 7.16. The van der Waals surface area contributed by atoms with Crippen LogP contribution in [0.4, 0.5) is 0 Å². The van der Waals surface area contributed by atoms with Gasteiger partial charge in [0.2, 0.25) is 0 Å². The van der Waals surface area contributed by atoms with Gasteiger partial charge in [0.05, 0.1) is 6.54 Å². The van der Waals surface area contributed by atoms with Gasteiger partial charge in [0.15, 0.2) is 0 Å². The summed E-state index contributed by atoms with van der Waals surface area (Å²) in [6.45, 7) is 13.5. The molecule has 1 fully saturated rings. The number of benzene rings is 1. The summed E-state index contributed by atoms with van der Waals surface area (Å²) in [6.07, 6.45) is 8.02. The molecular weight excluding hydrogens is 318 g/mol. The van der Waals surface area contributed by atoms with E-state index < -0.39 is 0 Å². The second-order valence-corrected chi connectivity index (χ2v) is 7.16. The molecule has 1 aliphatic carbocycles. The van der Waals surface area contributed by atoms with E-state index in [2.05, 4.69) is 40.0 Å². The van der Waals surface area contributed by atoms with Gasteiger partial charge in [0.1, 0.15) is 5.84 Å². The quantitative estimate of drug-likeness (QED) is 0.508. The fourth-order valence-electron chi connectivity index (χ4n) is 3.42. The number of nitrogens with zero attached hydrogens (tertiary/aromatic N) is 3. The highest BCUT2D eigenvalue weighted by Gasteiger charge is 2.12. The van der Waals surface area contributed by atoms with E-state index in [1.807, 2.05) is 34.7 Å². The summed E-state index contributed by atoms with van der Waals surface area (Å²) < 4.78 is 0. The van der Waals surface area contributed by atoms with Gasteiger partial charge in [0.25, 0.3) is 0 Å². The second kappa shape index (κ2) is 12.8. The molecule has 1 aromatic rings. The lowest BCUT2D eigenvalue weighted by molar-refractivity contribution is 0.387. The fourth-order valence-corrected chi connectivity index (χ4v) is 3.42. The number of aryl methyl sites for hydroxylation is 3. The Kier molecular flexibility index (Phi) is 11.1. The van der Waals surface area contributed by atoms with Crippen molar-refractivity contribution in [3.63, 3.8) is 0 Å². The van der Waals surface area contributed by atoms with Crippen LogP contribution >= 0.6 is 0 Å². The summed E-state index contributed by atoms with van der Waals surface area (Å²) in [5.74, 6) is 0.960. The molecule has 0 N–H and O–H groups in total. The average Bonchev–Trinajstić information content (AvgIpc) is 3.16. The minimum atomic E-state index is 0.918. The van der Waals surface area contributed by atoms with Crippen molar-refractivity contribution in [3.05, 3.63) is 34.9 Å². The first-order chi connectivity index (χ1) is 12.6. The van der Waals surface area contributed by atoms with Crippen molar-refractivity contribution in [2.45, 2.75) is 73.1 Å². The molecule has 3 rings (SSSR count). The molecule has 146 valence electrons. The molecule has 0 spiro atoms. The largest absolute Gasteiger partial charge is 0.296 e. The standard InChI is InChI=1S/C11H14.C10H19N3.C2H6/c1-9-6-7-10-4-2-3-5-11(10)8-9;1-9(2)12-10(11-3)8-13-6-4-5-7-13;1-2/h6-8H,2-5H2,1H3;4-8H2,1-3H3;1-2H3. The van der Waals surface area contributed by atoms with Crippen LogP contribution in [0, 0.1) is 6.92 Å². The zero-order chi connectivity index (χ0) is 19.4. The van der Waals surface area contributed by atoms with Gasteiger partial charge in [-0.15, -0.1) is 0 Å². The molecule has 0 radical (unpaired) electrons. The Morgan fingerprint density at radius 1 is 0.962 bits per heavy atom. The number of likely N-dealkylation sites (tertiary alicyclic amines) is 1. The first-order valence-corrected chi connectivity index (χ1v) is 10.4. The van der Waals surface area contributed by atoms with Crippen LogP contribution in [0.2, 0.25) is 0 Å². The van der Waals surface area contributed by atoms with Gasteiger partial charge in [-0.25, -0.2) is 4.99 Å². The first-order valence-electron chi connectivity index (χ1n) is 10.4. The van der Waals surface area contributed by atoms with Crippen LogP contribution in [0.1, 0.15) is 70.1 Å². The van der Waals surface area contributed by atoms with Gasteiger partial charge in [-0.3, -0.25) is 9.89 Å². The van der Waals surface area contributed by atoms with Crippen molar-refractivity contribution in [3.8, 4) is 0 Å². The van der Waals surface area contributed by atoms with Crippen LogP contribution in [-0.4, -0.2) is 43.1 Å². The molecule has 0 aromatic heterocycles. The van der Waals surface area contributed by atoms with Crippen LogP contribution in [-0.2, 0) is 12.8 Å². The highest BCUT2D eigenvalue weighted by molar-refractivity contribution is 5.96. The molecule has 0 unspecified atom stereocenters. The fraction of sp³-hybridized carbons (Fsp3) is 0.652. The Bertz CT molecular complexity index is 577. The van der Waals surface area contributed by atoms with E-state index in [-0.39, 0.29) is 0 Å². The monoisotopic (exact) mass is 357 g/mol. The van der Waals surface area contributed by atoms with E-state index in [1.54, 1.807) is 11.1 Å². The van der Waals surface area contributed by atoms with Gasteiger partial charge in [0, 0.05) is 12.8 Å². The minimum absolute atomic E-state index is 0.918. The number of aliphatic imine (C=N–C) groups is 2. The van der Waals surface area contributed by atoms with E-state index in [0.717, 1.165) is 18.1 Å². The summed E-state index contributed by atoms with van der Waals surface area (Å²) in [7, 11) is 1.82. The number of hydrogen-bond acceptors (Lipinski definition) is 2. The van der Waals surface area contributed by atoms with Crippen LogP contribution in [0.3, 0.4) is 0 Å².